The van der Waals surface area contributed by atoms with Crippen molar-refractivity contribution in [1.29, 1.82) is 0 Å². The molecule has 0 radical (unpaired) electrons. The van der Waals surface area contributed by atoms with E-state index in [0.717, 1.165) is 13.0 Å². The maximum atomic E-state index is 12.3. The molecule has 0 aliphatic carbocycles. The Morgan fingerprint density at radius 1 is 1.24 bits per heavy atom. The van der Waals surface area contributed by atoms with Gasteiger partial charge in [-0.25, -0.2) is 8.42 Å². The third-order valence-corrected chi connectivity index (χ3v) is 4.99. The highest BCUT2D eigenvalue weighted by molar-refractivity contribution is 9.10. The number of para-hydroxylation sites is 1. The van der Waals surface area contributed by atoms with Crippen LogP contribution < -0.4 is 10.0 Å². The Balaban J connectivity index is 2.16. The molecule has 0 unspecified atom stereocenters. The van der Waals surface area contributed by atoms with Crippen LogP contribution in [0.4, 0.5) is 5.69 Å². The Labute approximate surface area is 132 Å². The quantitative estimate of drug-likeness (QED) is 0.731. The van der Waals surface area contributed by atoms with Crippen molar-refractivity contribution >= 4 is 31.6 Å². The second-order valence-electron chi connectivity index (χ2n) is 4.50. The number of nitrogens with one attached hydrogen (secondary N) is 2. The molecule has 0 fully saturated rings. The van der Waals surface area contributed by atoms with E-state index >= 15 is 0 Å². The largest absolute Gasteiger partial charge is 0.451 e. The fourth-order valence-electron chi connectivity index (χ4n) is 1.77. The highest BCUT2D eigenvalue weighted by Crippen LogP contribution is 2.27. The van der Waals surface area contributed by atoms with Crippen molar-refractivity contribution in [2.24, 2.45) is 0 Å². The van der Waals surface area contributed by atoms with Crippen LogP contribution in [-0.4, -0.2) is 15.0 Å². The maximum absolute atomic E-state index is 12.3. The molecule has 0 spiro atoms. The van der Waals surface area contributed by atoms with Gasteiger partial charge in [0, 0.05) is 11.8 Å². The van der Waals surface area contributed by atoms with Gasteiger partial charge in [0.15, 0.2) is 4.67 Å². The number of halogens is 1. The van der Waals surface area contributed by atoms with Crippen molar-refractivity contribution in [2.45, 2.75) is 24.8 Å². The summed E-state index contributed by atoms with van der Waals surface area (Å²) in [5, 5.41) is 3.16. The summed E-state index contributed by atoms with van der Waals surface area (Å²) in [4.78, 5) is 0.0969. The molecule has 0 atom stereocenters. The van der Waals surface area contributed by atoms with Crippen molar-refractivity contribution in [3.63, 3.8) is 0 Å². The lowest BCUT2D eigenvalue weighted by Crippen LogP contribution is -2.14. The van der Waals surface area contributed by atoms with Gasteiger partial charge in [-0.05, 0) is 41.0 Å². The maximum Gasteiger partial charge on any atom is 0.266 e. The normalized spacial score (nSPS) is 11.5. The summed E-state index contributed by atoms with van der Waals surface area (Å²) in [5.41, 5.74) is 0.510. The van der Waals surface area contributed by atoms with Gasteiger partial charge in [-0.1, -0.05) is 25.1 Å². The predicted octanol–water partition coefficient (Wildman–Crippen LogP) is 3.34. The fraction of sp³-hybridized carbons (Fsp3) is 0.286. The van der Waals surface area contributed by atoms with E-state index in [2.05, 4.69) is 32.9 Å². The van der Waals surface area contributed by atoms with E-state index in [0.29, 0.717) is 18.0 Å². The monoisotopic (exact) mass is 372 g/mol. The van der Waals surface area contributed by atoms with E-state index in [4.69, 9.17) is 4.42 Å². The standard InChI is InChI=1S/C14H17BrN2O3S/c1-2-8-16-10-12-9-13(14(15)20-12)21(18,19)17-11-6-4-3-5-7-11/h3-7,9,16-17H,2,8,10H2,1H3. The van der Waals surface area contributed by atoms with Crippen LogP contribution in [0.3, 0.4) is 0 Å². The summed E-state index contributed by atoms with van der Waals surface area (Å²) in [5.74, 6) is 0.573. The van der Waals surface area contributed by atoms with Crippen LogP contribution in [0.25, 0.3) is 0 Å². The van der Waals surface area contributed by atoms with Gasteiger partial charge in [0.25, 0.3) is 10.0 Å². The molecule has 21 heavy (non-hydrogen) atoms. The van der Waals surface area contributed by atoms with E-state index in [1.807, 2.05) is 6.07 Å². The van der Waals surface area contributed by atoms with Crippen LogP contribution in [0.15, 0.2) is 50.4 Å². The summed E-state index contributed by atoms with van der Waals surface area (Å²) >= 11 is 3.16. The van der Waals surface area contributed by atoms with Gasteiger partial charge in [-0.3, -0.25) is 4.72 Å². The van der Waals surface area contributed by atoms with Crippen LogP contribution in [0.2, 0.25) is 0 Å². The van der Waals surface area contributed by atoms with Gasteiger partial charge in [-0.15, -0.1) is 0 Å². The molecule has 0 aliphatic rings. The first-order valence-corrected chi connectivity index (χ1v) is 8.87. The summed E-state index contributed by atoms with van der Waals surface area (Å²) in [7, 11) is -3.67. The lowest BCUT2D eigenvalue weighted by atomic mass is 10.3. The molecular weight excluding hydrogens is 356 g/mol. The van der Waals surface area contributed by atoms with Crippen LogP contribution in [-0.2, 0) is 16.6 Å². The van der Waals surface area contributed by atoms with Gasteiger partial charge >= 0.3 is 0 Å². The molecule has 2 aromatic rings. The number of hydrogen-bond acceptors (Lipinski definition) is 4. The Hall–Kier alpha value is -1.31. The van der Waals surface area contributed by atoms with Crippen molar-refractivity contribution in [3.05, 3.63) is 46.8 Å². The number of hydrogen-bond donors (Lipinski definition) is 2. The average molecular weight is 373 g/mol. The van der Waals surface area contributed by atoms with Gasteiger partial charge in [0.05, 0.1) is 6.54 Å². The highest BCUT2D eigenvalue weighted by atomic mass is 79.9. The first-order chi connectivity index (χ1) is 10.0. The van der Waals surface area contributed by atoms with Gasteiger partial charge in [0.2, 0.25) is 0 Å². The van der Waals surface area contributed by atoms with Crippen LogP contribution in [0.1, 0.15) is 19.1 Å². The Bertz CT molecular complexity index is 683. The van der Waals surface area contributed by atoms with Crippen LogP contribution in [0, 0.1) is 0 Å². The summed E-state index contributed by atoms with van der Waals surface area (Å²) in [6, 6.07) is 10.3. The SMILES string of the molecule is CCCNCc1cc(S(=O)(=O)Nc2ccccc2)c(Br)o1. The number of rotatable bonds is 7. The van der Waals surface area contributed by atoms with Gasteiger partial charge < -0.3 is 9.73 Å². The molecule has 0 amide bonds. The highest BCUT2D eigenvalue weighted by Gasteiger charge is 2.22. The second kappa shape index (κ2) is 7.11. The lowest BCUT2D eigenvalue weighted by molar-refractivity contribution is 0.461. The molecule has 7 heteroatoms. The molecule has 1 heterocycles. The Kier molecular flexibility index (Phi) is 5.44. The number of furan rings is 1. The lowest BCUT2D eigenvalue weighted by Gasteiger charge is -2.05. The third-order valence-electron chi connectivity index (χ3n) is 2.75. The minimum absolute atomic E-state index is 0.0969. The molecule has 0 bridgehead atoms. The smallest absolute Gasteiger partial charge is 0.266 e. The zero-order valence-corrected chi connectivity index (χ0v) is 14.0. The molecule has 2 N–H and O–H groups in total. The number of benzene rings is 1. The zero-order chi connectivity index (χ0) is 15.3. The molecule has 5 nitrogen and oxygen atoms in total. The van der Waals surface area contributed by atoms with E-state index < -0.39 is 10.0 Å². The van der Waals surface area contributed by atoms with Crippen molar-refractivity contribution in [1.82, 2.24) is 5.32 Å². The first kappa shape index (κ1) is 16.1. The van der Waals surface area contributed by atoms with E-state index in [9.17, 15) is 8.42 Å². The summed E-state index contributed by atoms with van der Waals surface area (Å²) in [6.45, 7) is 3.40. The minimum Gasteiger partial charge on any atom is -0.451 e. The number of anilines is 1. The first-order valence-electron chi connectivity index (χ1n) is 6.59. The average Bonchev–Trinajstić information content (AvgIpc) is 2.82. The van der Waals surface area contributed by atoms with Crippen LogP contribution >= 0.6 is 15.9 Å². The molecule has 0 aliphatic heterocycles. The molecule has 1 aromatic heterocycles. The van der Waals surface area contributed by atoms with Gasteiger partial charge in [-0.2, -0.15) is 0 Å². The van der Waals surface area contributed by atoms with Gasteiger partial charge in [0.1, 0.15) is 10.7 Å². The predicted molar refractivity (Wildman–Crippen MR) is 85.7 cm³/mol. The molecule has 1 aromatic carbocycles. The van der Waals surface area contributed by atoms with Crippen molar-refractivity contribution in [3.8, 4) is 0 Å². The van der Waals surface area contributed by atoms with Crippen molar-refractivity contribution in [2.75, 3.05) is 11.3 Å². The molecular formula is C14H17BrN2O3S. The Morgan fingerprint density at radius 2 is 1.95 bits per heavy atom. The zero-order valence-electron chi connectivity index (χ0n) is 11.6. The summed E-state index contributed by atoms with van der Waals surface area (Å²) < 4.78 is 32.8. The molecule has 0 saturated heterocycles. The second-order valence-corrected chi connectivity index (χ2v) is 6.87. The number of sulfonamides is 1. The Morgan fingerprint density at radius 3 is 2.62 bits per heavy atom. The molecule has 114 valence electrons. The summed E-state index contributed by atoms with van der Waals surface area (Å²) in [6.07, 6.45) is 1.00. The van der Waals surface area contributed by atoms with Crippen molar-refractivity contribution < 1.29 is 12.8 Å². The van der Waals surface area contributed by atoms with Crippen LogP contribution in [0.5, 0.6) is 0 Å². The molecule has 2 rings (SSSR count). The fourth-order valence-corrected chi connectivity index (χ4v) is 3.83. The minimum atomic E-state index is -3.67. The molecule has 0 saturated carbocycles. The van der Waals surface area contributed by atoms with E-state index in [1.54, 1.807) is 24.3 Å². The topological polar surface area (TPSA) is 71.3 Å². The third kappa shape index (κ3) is 4.33. The van der Waals surface area contributed by atoms with E-state index in [-0.39, 0.29) is 9.56 Å². The van der Waals surface area contributed by atoms with E-state index in [1.165, 1.54) is 6.07 Å².